The monoisotopic (exact) mass is 282 g/mol. The first kappa shape index (κ1) is 14.2. The minimum atomic E-state index is -0.0692. The number of hydrogen-bond donors (Lipinski definition) is 2. The van der Waals surface area contributed by atoms with Crippen LogP contribution in [-0.2, 0) is 4.79 Å². The van der Waals surface area contributed by atoms with Crippen LogP contribution in [0.1, 0.15) is 13.3 Å². The van der Waals surface area contributed by atoms with Gasteiger partial charge in [-0.25, -0.2) is 4.98 Å². The van der Waals surface area contributed by atoms with Gasteiger partial charge >= 0.3 is 0 Å². The summed E-state index contributed by atoms with van der Waals surface area (Å²) >= 11 is 5.89. The number of halogens is 1. The number of rotatable bonds is 4. The minimum Gasteiger partial charge on any atom is -0.328 e. The smallest absolute Gasteiger partial charge is 0.238 e. The molecule has 104 valence electrons. The van der Waals surface area contributed by atoms with Crippen LogP contribution in [-0.4, -0.2) is 41.5 Å². The van der Waals surface area contributed by atoms with Crippen LogP contribution in [0.25, 0.3) is 0 Å². The molecule has 0 aliphatic carbocycles. The van der Waals surface area contributed by atoms with Gasteiger partial charge < -0.3 is 11.1 Å². The Morgan fingerprint density at radius 1 is 1.74 bits per heavy atom. The molecule has 0 radical (unpaired) electrons. The van der Waals surface area contributed by atoms with Gasteiger partial charge in [-0.3, -0.25) is 9.69 Å². The second kappa shape index (κ2) is 6.32. The van der Waals surface area contributed by atoms with Crippen LogP contribution in [0.5, 0.6) is 0 Å². The lowest BCUT2D eigenvalue weighted by molar-refractivity contribution is -0.117. The molecule has 19 heavy (non-hydrogen) atoms. The summed E-state index contributed by atoms with van der Waals surface area (Å²) in [6.07, 6.45) is 2.64. The fourth-order valence-electron chi connectivity index (χ4n) is 2.31. The maximum atomic E-state index is 11.9. The number of carbonyl (C=O) groups is 1. The van der Waals surface area contributed by atoms with E-state index in [9.17, 15) is 4.79 Å². The van der Waals surface area contributed by atoms with Crippen LogP contribution >= 0.6 is 11.6 Å². The molecule has 3 N–H and O–H groups in total. The minimum absolute atomic E-state index is 0.0692. The highest BCUT2D eigenvalue weighted by molar-refractivity contribution is 6.32. The van der Waals surface area contributed by atoms with Crippen molar-refractivity contribution >= 4 is 23.2 Å². The second-order valence-electron chi connectivity index (χ2n) is 5.03. The van der Waals surface area contributed by atoms with Crippen molar-refractivity contribution < 1.29 is 4.79 Å². The first-order valence-electron chi connectivity index (χ1n) is 6.44. The molecular formula is C13H19ClN4O. The van der Waals surface area contributed by atoms with E-state index in [2.05, 4.69) is 15.2 Å². The maximum Gasteiger partial charge on any atom is 0.238 e. The highest BCUT2D eigenvalue weighted by atomic mass is 35.5. The van der Waals surface area contributed by atoms with Crippen molar-refractivity contribution in [2.24, 2.45) is 11.7 Å². The van der Waals surface area contributed by atoms with Gasteiger partial charge in [-0.15, -0.1) is 0 Å². The third kappa shape index (κ3) is 3.89. The summed E-state index contributed by atoms with van der Waals surface area (Å²) in [4.78, 5) is 18.0. The van der Waals surface area contributed by atoms with Gasteiger partial charge in [0.15, 0.2) is 5.15 Å². The quantitative estimate of drug-likeness (QED) is 0.818. The molecule has 1 amide bonds. The van der Waals surface area contributed by atoms with E-state index in [0.29, 0.717) is 23.3 Å². The number of hydrogen-bond acceptors (Lipinski definition) is 4. The summed E-state index contributed by atoms with van der Waals surface area (Å²) in [5, 5.41) is 3.09. The van der Waals surface area contributed by atoms with Crippen molar-refractivity contribution in [2.45, 2.75) is 19.4 Å². The lowest BCUT2D eigenvalue weighted by Gasteiger charge is -2.17. The van der Waals surface area contributed by atoms with Gasteiger partial charge in [0, 0.05) is 18.8 Å². The Balaban J connectivity index is 1.84. The average Bonchev–Trinajstić information content (AvgIpc) is 2.80. The zero-order valence-corrected chi connectivity index (χ0v) is 11.7. The van der Waals surface area contributed by atoms with E-state index in [-0.39, 0.29) is 11.9 Å². The van der Waals surface area contributed by atoms with Crippen molar-refractivity contribution in [2.75, 3.05) is 25.0 Å². The molecule has 0 saturated carbocycles. The van der Waals surface area contributed by atoms with E-state index in [1.54, 1.807) is 18.3 Å². The molecule has 1 aromatic heterocycles. The van der Waals surface area contributed by atoms with Crippen molar-refractivity contribution in [1.82, 2.24) is 9.88 Å². The van der Waals surface area contributed by atoms with E-state index in [1.165, 1.54) is 0 Å². The molecule has 0 bridgehead atoms. The largest absolute Gasteiger partial charge is 0.328 e. The van der Waals surface area contributed by atoms with E-state index >= 15 is 0 Å². The summed E-state index contributed by atoms with van der Waals surface area (Å²) in [6, 6.07) is 3.66. The highest BCUT2D eigenvalue weighted by Gasteiger charge is 2.26. The molecule has 1 aromatic rings. The van der Waals surface area contributed by atoms with Crippen molar-refractivity contribution in [3.05, 3.63) is 23.5 Å². The number of carbonyl (C=O) groups excluding carboxylic acids is 1. The zero-order valence-electron chi connectivity index (χ0n) is 11.0. The van der Waals surface area contributed by atoms with Crippen LogP contribution in [0, 0.1) is 5.92 Å². The Hall–Kier alpha value is -1.17. The highest BCUT2D eigenvalue weighted by Crippen LogP contribution is 2.20. The third-order valence-corrected chi connectivity index (χ3v) is 3.75. The number of likely N-dealkylation sites (tertiary alicyclic amines) is 1. The molecule has 2 atom stereocenters. The summed E-state index contributed by atoms with van der Waals surface area (Å²) < 4.78 is 0. The number of pyridine rings is 1. The van der Waals surface area contributed by atoms with Gasteiger partial charge in [-0.2, -0.15) is 0 Å². The fraction of sp³-hybridized carbons (Fsp3) is 0.538. The number of nitrogens with zero attached hydrogens (tertiary/aromatic N) is 2. The number of anilines is 1. The van der Waals surface area contributed by atoms with Crippen LogP contribution in [0.15, 0.2) is 18.3 Å². The van der Waals surface area contributed by atoms with Crippen molar-refractivity contribution in [1.29, 1.82) is 0 Å². The molecule has 0 aromatic carbocycles. The Morgan fingerprint density at radius 2 is 2.53 bits per heavy atom. The molecule has 1 saturated heterocycles. The third-order valence-electron chi connectivity index (χ3n) is 3.45. The van der Waals surface area contributed by atoms with Gasteiger partial charge in [0.1, 0.15) is 0 Å². The topological polar surface area (TPSA) is 71.2 Å². The zero-order chi connectivity index (χ0) is 13.8. The van der Waals surface area contributed by atoms with Crippen molar-refractivity contribution in [3.8, 4) is 0 Å². The van der Waals surface area contributed by atoms with E-state index in [1.807, 2.05) is 6.92 Å². The van der Waals surface area contributed by atoms with Crippen LogP contribution in [0.3, 0.4) is 0 Å². The molecule has 2 rings (SSSR count). The van der Waals surface area contributed by atoms with Crippen LogP contribution in [0.4, 0.5) is 5.69 Å². The summed E-state index contributed by atoms with van der Waals surface area (Å²) in [7, 11) is 0. The normalized spacial score (nSPS) is 21.3. The summed E-state index contributed by atoms with van der Waals surface area (Å²) in [5.74, 6) is 0.412. The predicted octanol–water partition coefficient (Wildman–Crippen LogP) is 1.34. The first-order chi connectivity index (χ1) is 9.06. The molecule has 6 heteroatoms. The Labute approximate surface area is 118 Å². The van der Waals surface area contributed by atoms with Gasteiger partial charge in [0.05, 0.1) is 12.2 Å². The van der Waals surface area contributed by atoms with E-state index in [0.717, 1.165) is 19.5 Å². The Bertz CT molecular complexity index is 452. The van der Waals surface area contributed by atoms with Gasteiger partial charge in [-0.1, -0.05) is 11.6 Å². The van der Waals surface area contributed by atoms with Gasteiger partial charge in [0.25, 0.3) is 0 Å². The first-order valence-corrected chi connectivity index (χ1v) is 6.82. The average molecular weight is 283 g/mol. The molecule has 0 spiro atoms. The standard InChI is InChI=1S/C13H19ClN4O/c1-9(15)10-4-6-18(7-10)8-12(19)17-11-3-2-5-16-13(11)14/h2-3,5,9-10H,4,6-8,15H2,1H3,(H,17,19). The van der Waals surface area contributed by atoms with E-state index in [4.69, 9.17) is 17.3 Å². The van der Waals surface area contributed by atoms with Gasteiger partial charge in [0.2, 0.25) is 5.91 Å². The van der Waals surface area contributed by atoms with Crippen molar-refractivity contribution in [3.63, 3.8) is 0 Å². The predicted molar refractivity (Wildman–Crippen MR) is 76.1 cm³/mol. The SMILES string of the molecule is CC(N)C1CCN(CC(=O)Nc2cccnc2Cl)C1. The van der Waals surface area contributed by atoms with Crippen LogP contribution < -0.4 is 11.1 Å². The molecule has 5 nitrogen and oxygen atoms in total. The van der Waals surface area contributed by atoms with Crippen LogP contribution in [0.2, 0.25) is 5.15 Å². The lowest BCUT2D eigenvalue weighted by atomic mass is 10.0. The molecule has 2 unspecified atom stereocenters. The molecule has 1 aliphatic rings. The fourth-order valence-corrected chi connectivity index (χ4v) is 2.47. The number of nitrogens with one attached hydrogen (secondary N) is 1. The summed E-state index contributed by atoms with van der Waals surface area (Å²) in [5.41, 5.74) is 6.43. The Morgan fingerprint density at radius 3 is 3.16 bits per heavy atom. The Kier molecular flexibility index (Phi) is 4.74. The number of amides is 1. The second-order valence-corrected chi connectivity index (χ2v) is 5.39. The van der Waals surface area contributed by atoms with Gasteiger partial charge in [-0.05, 0) is 37.9 Å². The molecule has 2 heterocycles. The lowest BCUT2D eigenvalue weighted by Crippen LogP contribution is -2.34. The number of nitrogens with two attached hydrogens (primary N) is 1. The summed E-state index contributed by atoms with van der Waals surface area (Å²) in [6.45, 7) is 4.18. The molecule has 1 fully saturated rings. The maximum absolute atomic E-state index is 11.9. The number of aromatic nitrogens is 1. The van der Waals surface area contributed by atoms with E-state index < -0.39 is 0 Å². The molecule has 1 aliphatic heterocycles. The molecular weight excluding hydrogens is 264 g/mol.